The van der Waals surface area contributed by atoms with Gasteiger partial charge in [-0.3, -0.25) is 0 Å². The van der Waals surface area contributed by atoms with E-state index in [0.29, 0.717) is 5.92 Å². The second-order valence-electron chi connectivity index (χ2n) is 5.35. The van der Waals surface area contributed by atoms with Crippen LogP contribution in [0.25, 0.3) is 0 Å². The van der Waals surface area contributed by atoms with Gasteiger partial charge in [-0.15, -0.1) is 0 Å². The molecule has 0 bridgehead atoms. The second-order valence-corrected chi connectivity index (χ2v) is 5.35. The van der Waals surface area contributed by atoms with Crippen LogP contribution in [0.3, 0.4) is 0 Å². The van der Waals surface area contributed by atoms with Gasteiger partial charge in [0.15, 0.2) is 0 Å². The molecule has 4 heteroatoms. The van der Waals surface area contributed by atoms with Gasteiger partial charge in [0.25, 0.3) is 0 Å². The second kappa shape index (κ2) is 5.65. The number of hydrogen-bond donors (Lipinski definition) is 1. The van der Waals surface area contributed by atoms with Crippen LogP contribution in [0.5, 0.6) is 0 Å². The first-order chi connectivity index (χ1) is 8.93. The Hall–Kier alpha value is -1.16. The van der Waals surface area contributed by atoms with Crippen molar-refractivity contribution in [2.24, 2.45) is 0 Å². The van der Waals surface area contributed by atoms with Gasteiger partial charge in [-0.2, -0.15) is 0 Å². The van der Waals surface area contributed by atoms with E-state index in [2.05, 4.69) is 21.3 Å². The summed E-state index contributed by atoms with van der Waals surface area (Å²) in [4.78, 5) is 11.6. The molecule has 1 aromatic heterocycles. The number of nitrogens with zero attached hydrogens (tertiary/aromatic N) is 3. The van der Waals surface area contributed by atoms with Crippen LogP contribution in [0.15, 0.2) is 12.3 Å². The molecule has 0 aliphatic carbocycles. The van der Waals surface area contributed by atoms with Gasteiger partial charge in [0.05, 0.1) is 0 Å². The number of rotatable bonds is 2. The highest BCUT2D eigenvalue weighted by Crippen LogP contribution is 2.25. The first kappa shape index (κ1) is 11.9. The Balaban J connectivity index is 1.75. The third-order valence-corrected chi connectivity index (χ3v) is 4.06. The van der Waals surface area contributed by atoms with E-state index in [9.17, 15) is 0 Å². The fraction of sp³-hybridized carbons (Fsp3) is 0.714. The van der Waals surface area contributed by atoms with Crippen molar-refractivity contribution >= 4 is 5.95 Å². The van der Waals surface area contributed by atoms with Crippen LogP contribution in [-0.4, -0.2) is 36.1 Å². The molecule has 2 aliphatic heterocycles. The van der Waals surface area contributed by atoms with E-state index in [4.69, 9.17) is 4.98 Å². The maximum absolute atomic E-state index is 4.81. The minimum atomic E-state index is 0.623. The molecule has 0 spiro atoms. The molecular formula is C14H22N4. The maximum Gasteiger partial charge on any atom is 0.225 e. The molecule has 4 nitrogen and oxygen atoms in total. The van der Waals surface area contributed by atoms with Gasteiger partial charge >= 0.3 is 0 Å². The number of nitrogens with one attached hydrogen (secondary N) is 1. The largest absolute Gasteiger partial charge is 0.341 e. The molecule has 3 heterocycles. The van der Waals surface area contributed by atoms with Crippen molar-refractivity contribution in [1.82, 2.24) is 15.3 Å². The lowest BCUT2D eigenvalue weighted by Gasteiger charge is -2.28. The van der Waals surface area contributed by atoms with E-state index in [1.807, 2.05) is 6.20 Å². The fourth-order valence-electron chi connectivity index (χ4n) is 2.95. The predicted molar refractivity (Wildman–Crippen MR) is 72.9 cm³/mol. The molecule has 0 aromatic carbocycles. The van der Waals surface area contributed by atoms with Crippen molar-refractivity contribution in [3.05, 3.63) is 18.0 Å². The average molecular weight is 246 g/mol. The van der Waals surface area contributed by atoms with Crippen molar-refractivity contribution in [3.63, 3.8) is 0 Å². The normalized spacial score (nSPS) is 22.1. The fourth-order valence-corrected chi connectivity index (χ4v) is 2.95. The minimum Gasteiger partial charge on any atom is -0.341 e. The first-order valence-electron chi connectivity index (χ1n) is 7.22. The molecule has 1 N–H and O–H groups in total. The lowest BCUT2D eigenvalue weighted by atomic mass is 9.94. The summed E-state index contributed by atoms with van der Waals surface area (Å²) in [6, 6.07) is 2.10. The molecule has 2 fully saturated rings. The number of piperidine rings is 2. The van der Waals surface area contributed by atoms with Crippen LogP contribution in [0, 0.1) is 0 Å². The van der Waals surface area contributed by atoms with Gasteiger partial charge in [0, 0.05) is 30.9 Å². The Morgan fingerprint density at radius 3 is 2.67 bits per heavy atom. The van der Waals surface area contributed by atoms with Crippen LogP contribution in [-0.2, 0) is 0 Å². The van der Waals surface area contributed by atoms with Gasteiger partial charge in [-0.25, -0.2) is 9.97 Å². The Kier molecular flexibility index (Phi) is 3.74. The van der Waals surface area contributed by atoms with Crippen molar-refractivity contribution in [3.8, 4) is 0 Å². The molecule has 3 rings (SSSR count). The van der Waals surface area contributed by atoms with Gasteiger partial charge in [-0.1, -0.05) is 0 Å². The highest BCUT2D eigenvalue weighted by atomic mass is 15.2. The van der Waals surface area contributed by atoms with Gasteiger partial charge in [-0.05, 0) is 51.3 Å². The summed E-state index contributed by atoms with van der Waals surface area (Å²) in [7, 11) is 0. The summed E-state index contributed by atoms with van der Waals surface area (Å²) in [5.74, 6) is 1.57. The zero-order valence-corrected chi connectivity index (χ0v) is 10.9. The summed E-state index contributed by atoms with van der Waals surface area (Å²) in [6.45, 7) is 4.48. The van der Waals surface area contributed by atoms with Gasteiger partial charge in [0.1, 0.15) is 0 Å². The smallest absolute Gasteiger partial charge is 0.225 e. The van der Waals surface area contributed by atoms with E-state index in [-0.39, 0.29) is 0 Å². The average Bonchev–Trinajstić information content (AvgIpc) is 2.49. The molecule has 0 unspecified atom stereocenters. The molecule has 1 aromatic rings. The van der Waals surface area contributed by atoms with Crippen molar-refractivity contribution in [1.29, 1.82) is 0 Å². The zero-order valence-electron chi connectivity index (χ0n) is 10.9. The van der Waals surface area contributed by atoms with Gasteiger partial charge < -0.3 is 10.2 Å². The quantitative estimate of drug-likeness (QED) is 0.866. The Morgan fingerprint density at radius 2 is 1.89 bits per heavy atom. The molecule has 98 valence electrons. The monoisotopic (exact) mass is 246 g/mol. The molecule has 2 aliphatic rings. The highest BCUT2D eigenvalue weighted by molar-refractivity contribution is 5.31. The van der Waals surface area contributed by atoms with Crippen molar-refractivity contribution in [2.45, 2.75) is 38.0 Å². The molecular weight excluding hydrogens is 224 g/mol. The van der Waals surface area contributed by atoms with E-state index < -0.39 is 0 Å². The summed E-state index contributed by atoms with van der Waals surface area (Å²) in [5, 5.41) is 3.41. The van der Waals surface area contributed by atoms with E-state index in [1.54, 1.807) is 0 Å². The number of hydrogen-bond acceptors (Lipinski definition) is 4. The summed E-state index contributed by atoms with van der Waals surface area (Å²) >= 11 is 0. The zero-order chi connectivity index (χ0) is 12.2. The Labute approximate surface area is 109 Å². The van der Waals surface area contributed by atoms with Crippen molar-refractivity contribution in [2.75, 3.05) is 31.1 Å². The maximum atomic E-state index is 4.81. The van der Waals surface area contributed by atoms with Crippen LogP contribution in [0.4, 0.5) is 5.95 Å². The first-order valence-corrected chi connectivity index (χ1v) is 7.22. The highest BCUT2D eigenvalue weighted by Gasteiger charge is 2.19. The van der Waals surface area contributed by atoms with E-state index >= 15 is 0 Å². The molecule has 0 atom stereocenters. The molecule has 18 heavy (non-hydrogen) atoms. The summed E-state index contributed by atoms with van der Waals surface area (Å²) < 4.78 is 0. The minimum absolute atomic E-state index is 0.623. The Bertz CT molecular complexity index is 348. The molecule has 0 saturated carbocycles. The SMILES string of the molecule is c1cc(C2CCNCC2)nc(N2CCCCC2)n1. The van der Waals surface area contributed by atoms with Crippen LogP contribution in [0.1, 0.15) is 43.7 Å². The topological polar surface area (TPSA) is 41.1 Å². The summed E-state index contributed by atoms with van der Waals surface area (Å²) in [6.07, 6.45) is 8.26. The van der Waals surface area contributed by atoms with E-state index in [0.717, 1.165) is 32.1 Å². The molecule has 0 amide bonds. The molecule has 2 saturated heterocycles. The predicted octanol–water partition coefficient (Wildman–Crippen LogP) is 1.93. The lowest BCUT2D eigenvalue weighted by molar-refractivity contribution is 0.452. The standard InChI is InChI=1S/C14H22N4/c1-2-10-18(11-3-1)14-16-9-6-13(17-14)12-4-7-15-8-5-12/h6,9,12,15H,1-5,7-8,10-11H2. The van der Waals surface area contributed by atoms with Crippen LogP contribution >= 0.6 is 0 Å². The Morgan fingerprint density at radius 1 is 1.11 bits per heavy atom. The third-order valence-electron chi connectivity index (χ3n) is 4.06. The number of anilines is 1. The van der Waals surface area contributed by atoms with E-state index in [1.165, 1.54) is 37.8 Å². The third kappa shape index (κ3) is 2.64. The molecule has 0 radical (unpaired) electrons. The number of aromatic nitrogens is 2. The van der Waals surface area contributed by atoms with Crippen LogP contribution in [0.2, 0.25) is 0 Å². The van der Waals surface area contributed by atoms with Crippen molar-refractivity contribution < 1.29 is 0 Å². The van der Waals surface area contributed by atoms with Gasteiger partial charge in [0.2, 0.25) is 5.95 Å². The lowest BCUT2D eigenvalue weighted by Crippen LogP contribution is -2.32. The summed E-state index contributed by atoms with van der Waals surface area (Å²) in [5.41, 5.74) is 1.24. The van der Waals surface area contributed by atoms with Crippen LogP contribution < -0.4 is 10.2 Å².